The van der Waals surface area contributed by atoms with Gasteiger partial charge in [-0.15, -0.1) is 0 Å². The summed E-state index contributed by atoms with van der Waals surface area (Å²) in [6.45, 7) is 5.82. The van der Waals surface area contributed by atoms with E-state index in [1.54, 1.807) is 0 Å². The molecular weight excluding hydrogens is 274 g/mol. The second-order valence-corrected chi connectivity index (χ2v) is 6.30. The molecule has 1 saturated heterocycles. The number of amides is 1. The van der Waals surface area contributed by atoms with E-state index >= 15 is 0 Å². The maximum atomic E-state index is 12.6. The first-order valence-corrected chi connectivity index (χ1v) is 8.33. The lowest BCUT2D eigenvalue weighted by atomic mass is 9.93. The zero-order valence-electron chi connectivity index (χ0n) is 13.3. The molecule has 1 amide bonds. The molecule has 0 unspecified atom stereocenters. The first-order valence-electron chi connectivity index (χ1n) is 8.33. The standard InChI is InChI=1S/C18H25N3O/c1-15(17-8-5-9-19-14-17)20-10-12-21(13-11-20)18(22)16-6-3-2-4-7-16/h2-3,5,8-9,14-16H,4,6-7,10-13H2,1H3/t15-,16+/m0/s1. The highest BCUT2D eigenvalue weighted by atomic mass is 16.2. The fourth-order valence-corrected chi connectivity index (χ4v) is 3.44. The van der Waals surface area contributed by atoms with Gasteiger partial charge in [0.25, 0.3) is 0 Å². The number of allylic oxidation sites excluding steroid dienone is 2. The Balaban J connectivity index is 1.54. The van der Waals surface area contributed by atoms with E-state index in [0.717, 1.165) is 45.4 Å². The Morgan fingerprint density at radius 1 is 1.27 bits per heavy atom. The van der Waals surface area contributed by atoms with Gasteiger partial charge in [0.1, 0.15) is 0 Å². The summed E-state index contributed by atoms with van der Waals surface area (Å²) in [4.78, 5) is 21.3. The predicted octanol–water partition coefficient (Wildman–Crippen LogP) is 2.64. The molecule has 0 spiro atoms. The molecule has 0 saturated carbocycles. The summed E-state index contributed by atoms with van der Waals surface area (Å²) in [6.07, 6.45) is 11.1. The van der Waals surface area contributed by atoms with Crippen LogP contribution in [0.4, 0.5) is 0 Å². The molecule has 22 heavy (non-hydrogen) atoms. The van der Waals surface area contributed by atoms with Gasteiger partial charge in [0.05, 0.1) is 0 Å². The van der Waals surface area contributed by atoms with Crippen LogP contribution in [0.25, 0.3) is 0 Å². The maximum Gasteiger partial charge on any atom is 0.226 e. The van der Waals surface area contributed by atoms with E-state index < -0.39 is 0 Å². The number of nitrogens with zero attached hydrogens (tertiary/aromatic N) is 3. The number of aromatic nitrogens is 1. The van der Waals surface area contributed by atoms with Crippen LogP contribution in [0.3, 0.4) is 0 Å². The van der Waals surface area contributed by atoms with Gasteiger partial charge in [0, 0.05) is 50.5 Å². The van der Waals surface area contributed by atoms with Crippen molar-refractivity contribution in [2.24, 2.45) is 5.92 Å². The molecule has 4 heteroatoms. The minimum Gasteiger partial charge on any atom is -0.340 e. The molecule has 1 aliphatic heterocycles. The van der Waals surface area contributed by atoms with Crippen molar-refractivity contribution in [2.45, 2.75) is 32.2 Å². The third kappa shape index (κ3) is 3.38. The third-order valence-corrected chi connectivity index (χ3v) is 4.96. The summed E-state index contributed by atoms with van der Waals surface area (Å²) in [5.74, 6) is 0.574. The number of pyridine rings is 1. The van der Waals surface area contributed by atoms with Crippen molar-refractivity contribution < 1.29 is 4.79 Å². The van der Waals surface area contributed by atoms with Crippen LogP contribution in [0.2, 0.25) is 0 Å². The molecule has 0 bridgehead atoms. The van der Waals surface area contributed by atoms with Crippen molar-refractivity contribution in [1.82, 2.24) is 14.8 Å². The second kappa shape index (κ2) is 7.05. The van der Waals surface area contributed by atoms with Gasteiger partial charge in [-0.1, -0.05) is 18.2 Å². The lowest BCUT2D eigenvalue weighted by Gasteiger charge is -2.39. The lowest BCUT2D eigenvalue weighted by Crippen LogP contribution is -2.50. The van der Waals surface area contributed by atoms with Crippen molar-refractivity contribution in [1.29, 1.82) is 0 Å². The average Bonchev–Trinajstić information content (AvgIpc) is 2.62. The van der Waals surface area contributed by atoms with Crippen LogP contribution in [-0.2, 0) is 4.79 Å². The number of carbonyl (C=O) groups is 1. The van der Waals surface area contributed by atoms with Gasteiger partial charge in [-0.25, -0.2) is 0 Å². The van der Waals surface area contributed by atoms with Gasteiger partial charge in [-0.05, 0) is 37.8 Å². The minimum atomic E-state index is 0.215. The highest BCUT2D eigenvalue weighted by molar-refractivity contribution is 5.79. The molecule has 2 heterocycles. The van der Waals surface area contributed by atoms with Crippen LogP contribution in [0.5, 0.6) is 0 Å². The normalized spacial score (nSPS) is 24.2. The van der Waals surface area contributed by atoms with Crippen molar-refractivity contribution in [3.05, 3.63) is 42.2 Å². The first kappa shape index (κ1) is 15.2. The van der Waals surface area contributed by atoms with E-state index in [9.17, 15) is 4.79 Å². The molecule has 3 rings (SSSR count). The Kier molecular flexibility index (Phi) is 4.88. The van der Waals surface area contributed by atoms with Crippen LogP contribution < -0.4 is 0 Å². The van der Waals surface area contributed by atoms with Crippen LogP contribution in [-0.4, -0.2) is 46.9 Å². The fourth-order valence-electron chi connectivity index (χ4n) is 3.44. The lowest BCUT2D eigenvalue weighted by molar-refractivity contribution is -0.137. The molecule has 118 valence electrons. The zero-order chi connectivity index (χ0) is 15.4. The Hall–Kier alpha value is -1.68. The van der Waals surface area contributed by atoms with Crippen LogP contribution in [0.15, 0.2) is 36.7 Å². The molecule has 1 aliphatic carbocycles. The van der Waals surface area contributed by atoms with E-state index in [-0.39, 0.29) is 5.92 Å². The number of piperazine rings is 1. The molecule has 1 fully saturated rings. The molecule has 4 nitrogen and oxygen atoms in total. The van der Waals surface area contributed by atoms with Crippen LogP contribution >= 0.6 is 0 Å². The van der Waals surface area contributed by atoms with Crippen molar-refractivity contribution >= 4 is 5.91 Å². The molecule has 2 aliphatic rings. The quantitative estimate of drug-likeness (QED) is 0.805. The van der Waals surface area contributed by atoms with Gasteiger partial charge < -0.3 is 4.90 Å². The summed E-state index contributed by atoms with van der Waals surface area (Å²) >= 11 is 0. The Morgan fingerprint density at radius 2 is 2.09 bits per heavy atom. The Labute approximate surface area is 132 Å². The number of carbonyl (C=O) groups excluding carboxylic acids is 1. The Bertz CT molecular complexity index is 520. The summed E-state index contributed by atoms with van der Waals surface area (Å²) in [5.41, 5.74) is 1.25. The van der Waals surface area contributed by atoms with E-state index in [0.29, 0.717) is 11.9 Å². The topological polar surface area (TPSA) is 36.4 Å². The van der Waals surface area contributed by atoms with Gasteiger partial charge >= 0.3 is 0 Å². The van der Waals surface area contributed by atoms with Gasteiger partial charge in [-0.3, -0.25) is 14.7 Å². The molecule has 2 atom stereocenters. The van der Waals surface area contributed by atoms with Crippen LogP contribution in [0, 0.1) is 5.92 Å². The van der Waals surface area contributed by atoms with E-state index in [2.05, 4.69) is 39.9 Å². The molecule has 0 aromatic carbocycles. The van der Waals surface area contributed by atoms with Gasteiger partial charge in [0.2, 0.25) is 5.91 Å². The highest BCUT2D eigenvalue weighted by Crippen LogP contribution is 2.24. The van der Waals surface area contributed by atoms with Gasteiger partial charge in [-0.2, -0.15) is 0 Å². The minimum absolute atomic E-state index is 0.215. The maximum absolute atomic E-state index is 12.6. The molecular formula is C18H25N3O. The second-order valence-electron chi connectivity index (χ2n) is 6.30. The molecule has 0 N–H and O–H groups in total. The summed E-state index contributed by atoms with van der Waals surface area (Å²) in [6, 6.07) is 4.48. The highest BCUT2D eigenvalue weighted by Gasteiger charge is 2.28. The third-order valence-electron chi connectivity index (χ3n) is 4.96. The number of rotatable bonds is 3. The summed E-state index contributed by atoms with van der Waals surface area (Å²) in [7, 11) is 0. The summed E-state index contributed by atoms with van der Waals surface area (Å²) in [5, 5.41) is 0. The zero-order valence-corrected chi connectivity index (χ0v) is 13.3. The van der Waals surface area contributed by atoms with E-state index in [1.807, 2.05) is 18.5 Å². The van der Waals surface area contributed by atoms with Crippen molar-refractivity contribution in [2.75, 3.05) is 26.2 Å². The molecule has 1 aromatic rings. The Morgan fingerprint density at radius 3 is 2.73 bits per heavy atom. The SMILES string of the molecule is C[C@@H](c1cccnc1)N1CCN(C(=O)[C@@H]2CC=CCC2)CC1. The van der Waals surface area contributed by atoms with E-state index in [4.69, 9.17) is 0 Å². The van der Waals surface area contributed by atoms with E-state index in [1.165, 1.54) is 5.56 Å². The van der Waals surface area contributed by atoms with Gasteiger partial charge in [0.15, 0.2) is 0 Å². The number of hydrogen-bond acceptors (Lipinski definition) is 3. The van der Waals surface area contributed by atoms with Crippen LogP contribution in [0.1, 0.15) is 37.8 Å². The molecule has 0 radical (unpaired) electrons. The average molecular weight is 299 g/mol. The molecule has 1 aromatic heterocycles. The monoisotopic (exact) mass is 299 g/mol. The summed E-state index contributed by atoms with van der Waals surface area (Å²) < 4.78 is 0. The fraction of sp³-hybridized carbons (Fsp3) is 0.556. The number of hydrogen-bond donors (Lipinski definition) is 0. The first-order chi connectivity index (χ1) is 10.8. The largest absolute Gasteiger partial charge is 0.340 e. The van der Waals surface area contributed by atoms with Crippen molar-refractivity contribution in [3.63, 3.8) is 0 Å². The predicted molar refractivity (Wildman–Crippen MR) is 87.3 cm³/mol. The van der Waals surface area contributed by atoms with Crippen molar-refractivity contribution in [3.8, 4) is 0 Å². The smallest absolute Gasteiger partial charge is 0.226 e.